The molecule has 146 valence electrons. The minimum absolute atomic E-state index is 0.111. The van der Waals surface area contributed by atoms with Crippen molar-refractivity contribution < 1.29 is 9.21 Å². The van der Waals surface area contributed by atoms with Crippen molar-refractivity contribution in [2.45, 2.75) is 32.7 Å². The molecule has 3 saturated heterocycles. The lowest BCUT2D eigenvalue weighted by atomic mass is 9.84. The van der Waals surface area contributed by atoms with Gasteiger partial charge in [-0.3, -0.25) is 9.48 Å². The summed E-state index contributed by atoms with van der Waals surface area (Å²) in [4.78, 5) is 15.3. The fourth-order valence-electron chi connectivity index (χ4n) is 4.90. The highest BCUT2D eigenvalue weighted by Crippen LogP contribution is 2.35. The number of carbonyl (C=O) groups excluding carboxylic acids is 1. The van der Waals surface area contributed by atoms with Crippen LogP contribution >= 0.6 is 0 Å². The van der Waals surface area contributed by atoms with Crippen molar-refractivity contribution in [2.24, 2.45) is 13.0 Å². The van der Waals surface area contributed by atoms with Crippen molar-refractivity contribution in [2.75, 3.05) is 19.6 Å². The number of nitrogens with one attached hydrogen (secondary N) is 1. The summed E-state index contributed by atoms with van der Waals surface area (Å²) in [6, 6.07) is 8.13. The largest absolute Gasteiger partial charge is 0.450 e. The van der Waals surface area contributed by atoms with Crippen LogP contribution in [0.1, 0.15) is 34.8 Å². The number of para-hydroxylation sites is 1. The molecular weight excluding hydrogens is 352 g/mol. The molecule has 6 rings (SSSR count). The number of fused-ring (bicyclic) bond motifs is 4. The number of benzene rings is 1. The third-order valence-electron chi connectivity index (χ3n) is 6.52. The predicted octanol–water partition coefficient (Wildman–Crippen LogP) is 3.27. The molecule has 1 aromatic carbocycles. The molecule has 0 radical (unpaired) electrons. The topological polar surface area (TPSA) is 63.3 Å². The molecule has 5 heterocycles. The van der Waals surface area contributed by atoms with Gasteiger partial charge in [0.1, 0.15) is 5.58 Å². The van der Waals surface area contributed by atoms with E-state index < -0.39 is 0 Å². The molecule has 6 heteroatoms. The maximum atomic E-state index is 12.9. The molecule has 1 N–H and O–H groups in total. The fourth-order valence-corrected chi connectivity index (χ4v) is 4.90. The van der Waals surface area contributed by atoms with Crippen LogP contribution in [0.2, 0.25) is 0 Å². The Bertz CT molecular complexity index is 1060. The van der Waals surface area contributed by atoms with Gasteiger partial charge in [-0.2, -0.15) is 5.10 Å². The summed E-state index contributed by atoms with van der Waals surface area (Å²) in [6.07, 6.45) is 2.35. The van der Waals surface area contributed by atoms with Gasteiger partial charge in [0.2, 0.25) is 0 Å². The van der Waals surface area contributed by atoms with Crippen LogP contribution in [0.4, 0.5) is 0 Å². The molecule has 0 saturated carbocycles. The molecule has 1 amide bonds. The summed E-state index contributed by atoms with van der Waals surface area (Å²) < 4.78 is 7.98. The van der Waals surface area contributed by atoms with Gasteiger partial charge in [0.25, 0.3) is 5.91 Å². The van der Waals surface area contributed by atoms with E-state index in [0.717, 1.165) is 53.1 Å². The van der Waals surface area contributed by atoms with E-state index in [1.807, 2.05) is 42.9 Å². The number of rotatable bonds is 3. The van der Waals surface area contributed by atoms with Gasteiger partial charge >= 0.3 is 0 Å². The highest BCUT2D eigenvalue weighted by atomic mass is 16.3. The Morgan fingerprint density at radius 2 is 2.04 bits per heavy atom. The normalized spacial score (nSPS) is 24.0. The minimum atomic E-state index is -0.111. The van der Waals surface area contributed by atoms with Crippen LogP contribution in [0.5, 0.6) is 0 Å². The first-order valence-electron chi connectivity index (χ1n) is 10.1. The number of carbonyl (C=O) groups is 1. The van der Waals surface area contributed by atoms with Gasteiger partial charge in [-0.15, -0.1) is 0 Å². The molecule has 0 spiro atoms. The number of hydrogen-bond acceptors (Lipinski definition) is 4. The van der Waals surface area contributed by atoms with Crippen LogP contribution in [-0.4, -0.2) is 46.3 Å². The molecule has 2 aromatic heterocycles. The van der Waals surface area contributed by atoms with Crippen molar-refractivity contribution in [3.05, 3.63) is 41.4 Å². The highest BCUT2D eigenvalue weighted by molar-refractivity contribution is 6.00. The van der Waals surface area contributed by atoms with E-state index in [9.17, 15) is 4.79 Å². The lowest BCUT2D eigenvalue weighted by molar-refractivity contribution is 0.0607. The standard InChI is InChI=1S/C22H26N4O2/c1-13-20(14(2)25(3)24-13)17-6-4-5-16-11-19(28-21(16)17)22(27)23-18-12-26-9-7-15(18)8-10-26/h4-6,11,15,18H,7-10,12H2,1-3H3,(H,23,27)/t18-/m1/s1. The molecule has 3 aliphatic heterocycles. The van der Waals surface area contributed by atoms with E-state index in [4.69, 9.17) is 4.42 Å². The van der Waals surface area contributed by atoms with Crippen LogP contribution < -0.4 is 5.32 Å². The first-order valence-corrected chi connectivity index (χ1v) is 10.1. The molecule has 28 heavy (non-hydrogen) atoms. The second-order valence-corrected chi connectivity index (χ2v) is 8.22. The minimum Gasteiger partial charge on any atom is -0.450 e. The van der Waals surface area contributed by atoms with Gasteiger partial charge < -0.3 is 14.6 Å². The highest BCUT2D eigenvalue weighted by Gasteiger charge is 2.35. The predicted molar refractivity (Wildman–Crippen MR) is 108 cm³/mol. The number of nitrogens with zero attached hydrogens (tertiary/aromatic N) is 3. The van der Waals surface area contributed by atoms with Crippen LogP contribution in [0.15, 0.2) is 28.7 Å². The maximum Gasteiger partial charge on any atom is 0.287 e. The Morgan fingerprint density at radius 3 is 2.68 bits per heavy atom. The van der Waals surface area contributed by atoms with Gasteiger partial charge in [-0.1, -0.05) is 18.2 Å². The molecule has 2 bridgehead atoms. The van der Waals surface area contributed by atoms with E-state index in [1.165, 1.54) is 12.8 Å². The van der Waals surface area contributed by atoms with Crippen LogP contribution in [0, 0.1) is 19.8 Å². The second-order valence-electron chi connectivity index (χ2n) is 8.22. The van der Waals surface area contributed by atoms with Crippen LogP contribution in [0.3, 0.4) is 0 Å². The number of hydrogen-bond donors (Lipinski definition) is 1. The van der Waals surface area contributed by atoms with Crippen molar-refractivity contribution in [3.8, 4) is 11.1 Å². The first-order chi connectivity index (χ1) is 13.5. The SMILES string of the molecule is Cc1nn(C)c(C)c1-c1cccc2cc(C(=O)N[C@@H]3CN4CCC3CC4)oc12. The number of amides is 1. The molecule has 0 unspecified atom stereocenters. The van der Waals surface area contributed by atoms with E-state index in [2.05, 4.69) is 22.2 Å². The summed E-state index contributed by atoms with van der Waals surface area (Å²) in [7, 11) is 1.95. The van der Waals surface area contributed by atoms with Gasteiger partial charge in [-0.25, -0.2) is 0 Å². The van der Waals surface area contributed by atoms with Crippen molar-refractivity contribution in [3.63, 3.8) is 0 Å². The first kappa shape index (κ1) is 17.5. The average molecular weight is 378 g/mol. The zero-order chi connectivity index (χ0) is 19.4. The molecule has 0 aliphatic carbocycles. The van der Waals surface area contributed by atoms with Crippen molar-refractivity contribution in [1.82, 2.24) is 20.0 Å². The third kappa shape index (κ3) is 2.75. The average Bonchev–Trinajstić information content (AvgIpc) is 3.24. The van der Waals surface area contributed by atoms with Gasteiger partial charge in [0.05, 0.1) is 5.69 Å². The van der Waals surface area contributed by atoms with Crippen molar-refractivity contribution in [1.29, 1.82) is 0 Å². The third-order valence-corrected chi connectivity index (χ3v) is 6.52. The lowest BCUT2D eigenvalue weighted by Crippen LogP contribution is -2.57. The summed E-state index contributed by atoms with van der Waals surface area (Å²) in [6.45, 7) is 7.34. The van der Waals surface area contributed by atoms with Crippen molar-refractivity contribution >= 4 is 16.9 Å². The Hall–Kier alpha value is -2.60. The summed E-state index contributed by atoms with van der Waals surface area (Å²) in [5, 5.41) is 8.69. The van der Waals surface area contributed by atoms with E-state index in [-0.39, 0.29) is 11.9 Å². The fraction of sp³-hybridized carbons (Fsp3) is 0.455. The van der Waals surface area contributed by atoms with E-state index in [0.29, 0.717) is 11.7 Å². The Balaban J connectivity index is 1.48. The van der Waals surface area contributed by atoms with Gasteiger partial charge in [0.15, 0.2) is 5.76 Å². The molecule has 3 aromatic rings. The Labute approximate surface area is 164 Å². The zero-order valence-corrected chi connectivity index (χ0v) is 16.7. The summed E-state index contributed by atoms with van der Waals surface area (Å²) in [5.41, 5.74) is 4.86. The Morgan fingerprint density at radius 1 is 1.25 bits per heavy atom. The number of piperidine rings is 3. The molecule has 3 fully saturated rings. The molecular formula is C22H26N4O2. The lowest BCUT2D eigenvalue weighted by Gasteiger charge is -2.44. The maximum absolute atomic E-state index is 12.9. The quantitative estimate of drug-likeness (QED) is 0.760. The van der Waals surface area contributed by atoms with E-state index >= 15 is 0 Å². The summed E-state index contributed by atoms with van der Waals surface area (Å²) in [5.74, 6) is 0.869. The molecule has 3 aliphatic rings. The second kappa shape index (κ2) is 6.48. The van der Waals surface area contributed by atoms with Gasteiger partial charge in [-0.05, 0) is 51.8 Å². The zero-order valence-electron chi connectivity index (χ0n) is 16.7. The summed E-state index contributed by atoms with van der Waals surface area (Å²) >= 11 is 0. The van der Waals surface area contributed by atoms with Crippen LogP contribution in [0.25, 0.3) is 22.1 Å². The molecule has 1 atom stereocenters. The molecule has 6 nitrogen and oxygen atoms in total. The number of furan rings is 1. The number of aryl methyl sites for hydroxylation is 2. The number of aromatic nitrogens is 2. The Kier molecular flexibility index (Phi) is 4.05. The van der Waals surface area contributed by atoms with Crippen LogP contribution in [-0.2, 0) is 7.05 Å². The smallest absolute Gasteiger partial charge is 0.287 e. The van der Waals surface area contributed by atoms with Gasteiger partial charge in [0, 0.05) is 41.8 Å². The van der Waals surface area contributed by atoms with E-state index in [1.54, 1.807) is 0 Å². The monoisotopic (exact) mass is 378 g/mol.